The molecule has 0 aromatic heterocycles. The highest BCUT2D eigenvalue weighted by molar-refractivity contribution is 9.10. The van der Waals surface area contributed by atoms with Crippen LogP contribution >= 0.6 is 15.9 Å². The number of amides is 2. The van der Waals surface area contributed by atoms with Crippen molar-refractivity contribution in [1.82, 2.24) is 10.2 Å². The molecule has 0 saturated heterocycles. The van der Waals surface area contributed by atoms with Gasteiger partial charge in [-0.05, 0) is 49.7 Å². The van der Waals surface area contributed by atoms with Gasteiger partial charge in [-0.3, -0.25) is 9.59 Å². The van der Waals surface area contributed by atoms with E-state index in [1.54, 1.807) is 12.1 Å². The summed E-state index contributed by atoms with van der Waals surface area (Å²) in [4.78, 5) is 26.8. The first-order valence-electron chi connectivity index (χ1n) is 9.14. The molecule has 6 heteroatoms. The zero-order chi connectivity index (χ0) is 19.2. The lowest BCUT2D eigenvalue weighted by atomic mass is 10.1. The molecule has 0 aliphatic heterocycles. The molecule has 2 aromatic rings. The Morgan fingerprint density at radius 3 is 2.52 bits per heavy atom. The van der Waals surface area contributed by atoms with Crippen molar-refractivity contribution in [2.45, 2.75) is 31.8 Å². The summed E-state index contributed by atoms with van der Waals surface area (Å²) in [6, 6.07) is 15.6. The van der Waals surface area contributed by atoms with Crippen molar-refractivity contribution >= 4 is 33.4 Å². The lowest BCUT2D eigenvalue weighted by Crippen LogP contribution is -2.28. The van der Waals surface area contributed by atoms with Gasteiger partial charge in [-0.25, -0.2) is 0 Å². The molecule has 142 valence electrons. The highest BCUT2D eigenvalue weighted by Gasteiger charge is 2.25. The van der Waals surface area contributed by atoms with Gasteiger partial charge in [-0.1, -0.05) is 40.2 Å². The minimum atomic E-state index is -0.124. The summed E-state index contributed by atoms with van der Waals surface area (Å²) in [7, 11) is 1.99. The maximum absolute atomic E-state index is 12.3. The molecule has 5 nitrogen and oxygen atoms in total. The minimum absolute atomic E-state index is 0.0932. The summed E-state index contributed by atoms with van der Waals surface area (Å²) in [6.45, 7) is 1.42. The van der Waals surface area contributed by atoms with Crippen LogP contribution in [0.5, 0.6) is 0 Å². The predicted molar refractivity (Wildman–Crippen MR) is 111 cm³/mol. The van der Waals surface area contributed by atoms with E-state index in [2.05, 4.69) is 43.6 Å². The van der Waals surface area contributed by atoms with Crippen LogP contribution in [0.3, 0.4) is 0 Å². The van der Waals surface area contributed by atoms with E-state index in [0.717, 1.165) is 23.9 Å². The highest BCUT2D eigenvalue weighted by atomic mass is 79.9. The summed E-state index contributed by atoms with van der Waals surface area (Å²) in [5.74, 6) is -0.218. The molecule has 2 aromatic carbocycles. The number of nitrogens with one attached hydrogen (secondary N) is 2. The Morgan fingerprint density at radius 2 is 1.81 bits per heavy atom. The Balaban J connectivity index is 1.50. The lowest BCUT2D eigenvalue weighted by Gasteiger charge is -2.17. The first-order chi connectivity index (χ1) is 13.0. The van der Waals surface area contributed by atoms with Gasteiger partial charge in [0.25, 0.3) is 5.91 Å². The molecule has 2 amide bonds. The summed E-state index contributed by atoms with van der Waals surface area (Å²) in [6.07, 6.45) is 2.43. The second kappa shape index (κ2) is 9.15. The number of halogens is 1. The minimum Gasteiger partial charge on any atom is -0.349 e. The third-order valence-electron chi connectivity index (χ3n) is 4.44. The SMILES string of the molecule is CN(CCC(=O)Nc1ccccc1C(=O)NC1CC1)Cc1ccc(Br)cc1. The first-order valence-corrected chi connectivity index (χ1v) is 9.93. The van der Waals surface area contributed by atoms with Crippen molar-refractivity contribution in [2.75, 3.05) is 18.9 Å². The standard InChI is InChI=1S/C21H24BrN3O2/c1-25(14-15-6-8-16(22)9-7-15)13-12-20(26)24-19-5-3-2-4-18(19)21(27)23-17-10-11-17/h2-9,17H,10-14H2,1H3,(H,23,27)(H,24,26). The predicted octanol–water partition coefficient (Wildman–Crippen LogP) is 3.80. The molecule has 0 atom stereocenters. The van der Waals surface area contributed by atoms with Crippen LogP contribution in [-0.2, 0) is 11.3 Å². The molecule has 1 aliphatic carbocycles. The van der Waals surface area contributed by atoms with E-state index in [1.165, 1.54) is 5.56 Å². The van der Waals surface area contributed by atoms with Gasteiger partial charge in [0, 0.05) is 30.0 Å². The molecule has 1 aliphatic rings. The molecule has 3 rings (SSSR count). The number of anilines is 1. The van der Waals surface area contributed by atoms with Gasteiger partial charge in [0.05, 0.1) is 11.3 Å². The third-order valence-corrected chi connectivity index (χ3v) is 4.97. The van der Waals surface area contributed by atoms with Crippen LogP contribution in [0.4, 0.5) is 5.69 Å². The molecule has 0 heterocycles. The number of benzene rings is 2. The number of rotatable bonds is 8. The van der Waals surface area contributed by atoms with Crippen molar-refractivity contribution in [2.24, 2.45) is 0 Å². The third kappa shape index (κ3) is 6.19. The van der Waals surface area contributed by atoms with E-state index >= 15 is 0 Å². The first kappa shape index (κ1) is 19.6. The van der Waals surface area contributed by atoms with Gasteiger partial charge >= 0.3 is 0 Å². The van der Waals surface area contributed by atoms with E-state index in [9.17, 15) is 9.59 Å². The van der Waals surface area contributed by atoms with Crippen LogP contribution in [0.15, 0.2) is 53.0 Å². The molecular weight excluding hydrogens is 406 g/mol. The Bertz CT molecular complexity index is 803. The van der Waals surface area contributed by atoms with Crippen LogP contribution in [0.25, 0.3) is 0 Å². The van der Waals surface area contributed by atoms with Crippen molar-refractivity contribution in [3.63, 3.8) is 0 Å². The van der Waals surface area contributed by atoms with E-state index in [1.807, 2.05) is 31.3 Å². The summed E-state index contributed by atoms with van der Waals surface area (Å²) < 4.78 is 1.05. The number of nitrogens with zero attached hydrogens (tertiary/aromatic N) is 1. The number of carbonyl (C=O) groups is 2. The van der Waals surface area contributed by atoms with Gasteiger partial charge in [-0.15, -0.1) is 0 Å². The van der Waals surface area contributed by atoms with E-state index in [0.29, 0.717) is 24.2 Å². The Morgan fingerprint density at radius 1 is 1.11 bits per heavy atom. The Hall–Kier alpha value is -2.18. The normalized spacial score (nSPS) is 13.4. The quantitative estimate of drug-likeness (QED) is 0.670. The highest BCUT2D eigenvalue weighted by Crippen LogP contribution is 2.21. The van der Waals surface area contributed by atoms with Crippen LogP contribution in [-0.4, -0.2) is 36.3 Å². The summed E-state index contributed by atoms with van der Waals surface area (Å²) in [5, 5.41) is 5.84. The maximum Gasteiger partial charge on any atom is 0.253 e. The van der Waals surface area contributed by atoms with Gasteiger partial charge in [0.1, 0.15) is 0 Å². The molecule has 27 heavy (non-hydrogen) atoms. The van der Waals surface area contributed by atoms with E-state index < -0.39 is 0 Å². The Labute approximate surface area is 168 Å². The van der Waals surface area contributed by atoms with Crippen molar-refractivity contribution in [3.05, 3.63) is 64.1 Å². The summed E-state index contributed by atoms with van der Waals surface area (Å²) >= 11 is 3.43. The van der Waals surface area contributed by atoms with Crippen LogP contribution in [0, 0.1) is 0 Å². The zero-order valence-corrected chi connectivity index (χ0v) is 17.0. The number of carbonyl (C=O) groups excluding carboxylic acids is 2. The van der Waals surface area contributed by atoms with Crippen LogP contribution in [0.2, 0.25) is 0 Å². The van der Waals surface area contributed by atoms with E-state index in [4.69, 9.17) is 0 Å². The average Bonchev–Trinajstić information content (AvgIpc) is 3.46. The average molecular weight is 430 g/mol. The van der Waals surface area contributed by atoms with Gasteiger partial charge in [0.15, 0.2) is 0 Å². The second-order valence-electron chi connectivity index (χ2n) is 6.96. The molecule has 0 radical (unpaired) electrons. The van der Waals surface area contributed by atoms with Crippen LogP contribution < -0.4 is 10.6 Å². The van der Waals surface area contributed by atoms with Crippen molar-refractivity contribution in [3.8, 4) is 0 Å². The number of hydrogen-bond donors (Lipinski definition) is 2. The van der Waals surface area contributed by atoms with Gasteiger partial charge in [-0.2, -0.15) is 0 Å². The lowest BCUT2D eigenvalue weighted by molar-refractivity contribution is -0.116. The fourth-order valence-corrected chi connectivity index (χ4v) is 3.03. The fraction of sp³-hybridized carbons (Fsp3) is 0.333. The Kier molecular flexibility index (Phi) is 6.63. The maximum atomic E-state index is 12.3. The molecule has 2 N–H and O–H groups in total. The smallest absolute Gasteiger partial charge is 0.253 e. The zero-order valence-electron chi connectivity index (χ0n) is 15.4. The molecular formula is C21H24BrN3O2. The van der Waals surface area contributed by atoms with Gasteiger partial charge in [0.2, 0.25) is 5.91 Å². The fourth-order valence-electron chi connectivity index (χ4n) is 2.77. The molecule has 1 fully saturated rings. The molecule has 0 unspecified atom stereocenters. The molecule has 0 spiro atoms. The monoisotopic (exact) mass is 429 g/mol. The molecule has 1 saturated carbocycles. The number of para-hydroxylation sites is 1. The topological polar surface area (TPSA) is 61.4 Å². The largest absolute Gasteiger partial charge is 0.349 e. The second-order valence-corrected chi connectivity index (χ2v) is 7.87. The van der Waals surface area contributed by atoms with Crippen molar-refractivity contribution < 1.29 is 9.59 Å². The van der Waals surface area contributed by atoms with Crippen molar-refractivity contribution in [1.29, 1.82) is 0 Å². The van der Waals surface area contributed by atoms with Gasteiger partial charge < -0.3 is 15.5 Å². The summed E-state index contributed by atoms with van der Waals surface area (Å²) in [5.41, 5.74) is 2.28. The van der Waals surface area contributed by atoms with Crippen LogP contribution in [0.1, 0.15) is 35.2 Å². The number of hydrogen-bond acceptors (Lipinski definition) is 3. The van der Waals surface area contributed by atoms with E-state index in [-0.39, 0.29) is 17.9 Å². The molecule has 0 bridgehead atoms.